The zero-order chi connectivity index (χ0) is 21.1. The van der Waals surface area contributed by atoms with Crippen molar-refractivity contribution in [2.75, 3.05) is 29.1 Å². The molecule has 0 saturated heterocycles. The first-order valence-corrected chi connectivity index (χ1v) is 12.0. The van der Waals surface area contributed by atoms with Crippen molar-refractivity contribution >= 4 is 41.0 Å². The van der Waals surface area contributed by atoms with Crippen LogP contribution < -0.4 is 10.6 Å². The highest BCUT2D eigenvalue weighted by Crippen LogP contribution is 2.22. The van der Waals surface area contributed by atoms with Gasteiger partial charge in [0.25, 0.3) is 0 Å². The van der Waals surface area contributed by atoms with Crippen LogP contribution in [0.5, 0.6) is 0 Å². The molecule has 0 unspecified atom stereocenters. The van der Waals surface area contributed by atoms with Crippen molar-refractivity contribution in [3.63, 3.8) is 0 Å². The lowest BCUT2D eigenvalue weighted by Crippen LogP contribution is -2.27. The molecule has 0 spiro atoms. The fourth-order valence-corrected chi connectivity index (χ4v) is 4.58. The topological polar surface area (TPSA) is 58.2 Å². The summed E-state index contributed by atoms with van der Waals surface area (Å²) in [5.41, 5.74) is 4.30. The van der Waals surface area contributed by atoms with E-state index in [1.54, 1.807) is 23.5 Å². The number of thioether (sulfide) groups is 2. The van der Waals surface area contributed by atoms with E-state index in [0.717, 1.165) is 34.7 Å². The molecule has 0 radical (unpaired) electrons. The van der Waals surface area contributed by atoms with Crippen molar-refractivity contribution in [1.82, 2.24) is 5.32 Å². The van der Waals surface area contributed by atoms with Crippen LogP contribution in [0.2, 0.25) is 0 Å². The van der Waals surface area contributed by atoms with Crippen LogP contribution in [0.3, 0.4) is 0 Å². The molecule has 4 nitrogen and oxygen atoms in total. The summed E-state index contributed by atoms with van der Waals surface area (Å²) < 4.78 is 0. The summed E-state index contributed by atoms with van der Waals surface area (Å²) in [6, 6.07) is 14.3. The molecule has 2 amide bonds. The number of benzene rings is 2. The van der Waals surface area contributed by atoms with Crippen molar-refractivity contribution in [2.24, 2.45) is 0 Å². The maximum absolute atomic E-state index is 12.2. The summed E-state index contributed by atoms with van der Waals surface area (Å²) in [6.07, 6.45) is 1.23. The lowest BCUT2D eigenvalue weighted by molar-refractivity contribution is -0.118. The Hall–Kier alpha value is -1.92. The number of nitrogens with one attached hydrogen (secondary N) is 2. The number of carbonyl (C=O) groups excluding carboxylic acids is 2. The van der Waals surface area contributed by atoms with Crippen molar-refractivity contribution in [1.29, 1.82) is 0 Å². The molecule has 0 heterocycles. The van der Waals surface area contributed by atoms with Gasteiger partial charge in [0.15, 0.2) is 0 Å². The predicted molar refractivity (Wildman–Crippen MR) is 126 cm³/mol. The first kappa shape index (κ1) is 23.4. The third kappa shape index (κ3) is 8.96. The van der Waals surface area contributed by atoms with Gasteiger partial charge in [0, 0.05) is 29.3 Å². The van der Waals surface area contributed by atoms with E-state index < -0.39 is 0 Å². The Balaban J connectivity index is 1.54. The van der Waals surface area contributed by atoms with Crippen molar-refractivity contribution in [2.45, 2.75) is 38.5 Å². The van der Waals surface area contributed by atoms with Crippen molar-refractivity contribution in [3.05, 3.63) is 59.2 Å². The molecule has 0 aliphatic carbocycles. The Morgan fingerprint density at radius 3 is 2.31 bits per heavy atom. The average Bonchev–Trinajstić information content (AvgIpc) is 2.68. The van der Waals surface area contributed by atoms with Gasteiger partial charge in [-0.15, -0.1) is 11.8 Å². The lowest BCUT2D eigenvalue weighted by atomic mass is 10.0. The molecule has 6 heteroatoms. The number of carbonyl (C=O) groups is 2. The minimum atomic E-state index is 0.0306. The second-order valence-electron chi connectivity index (χ2n) is 6.99. The number of hydrogen-bond acceptors (Lipinski definition) is 4. The highest BCUT2D eigenvalue weighted by atomic mass is 32.2. The van der Waals surface area contributed by atoms with E-state index in [1.165, 1.54) is 10.5 Å². The number of hydrogen-bond donors (Lipinski definition) is 2. The molecule has 0 fully saturated rings. The Labute approximate surface area is 182 Å². The molecule has 156 valence electrons. The molecule has 0 saturated carbocycles. The smallest absolute Gasteiger partial charge is 0.230 e. The van der Waals surface area contributed by atoms with Gasteiger partial charge in [-0.25, -0.2) is 0 Å². The fraction of sp³-hybridized carbons (Fsp3) is 0.391. The van der Waals surface area contributed by atoms with E-state index in [-0.39, 0.29) is 11.8 Å². The van der Waals surface area contributed by atoms with E-state index in [4.69, 9.17) is 0 Å². The van der Waals surface area contributed by atoms with Gasteiger partial charge < -0.3 is 10.6 Å². The van der Waals surface area contributed by atoms with Gasteiger partial charge in [-0.05, 0) is 56.2 Å². The van der Waals surface area contributed by atoms with Gasteiger partial charge >= 0.3 is 0 Å². The van der Waals surface area contributed by atoms with Crippen molar-refractivity contribution < 1.29 is 9.59 Å². The van der Waals surface area contributed by atoms with E-state index in [2.05, 4.69) is 41.8 Å². The summed E-state index contributed by atoms with van der Waals surface area (Å²) in [5.74, 6) is 2.18. The first-order valence-electron chi connectivity index (χ1n) is 9.85. The minimum Gasteiger partial charge on any atom is -0.355 e. The van der Waals surface area contributed by atoms with Crippen LogP contribution in [-0.4, -0.2) is 35.6 Å². The van der Waals surface area contributed by atoms with E-state index >= 15 is 0 Å². The van der Waals surface area contributed by atoms with Gasteiger partial charge in [0.1, 0.15) is 0 Å². The molecule has 2 aromatic rings. The number of aryl methyl sites for hydroxylation is 3. The van der Waals surface area contributed by atoms with Crippen LogP contribution in [0, 0.1) is 20.8 Å². The number of rotatable bonds is 11. The Bertz CT molecular complexity index is 787. The van der Waals surface area contributed by atoms with Crippen molar-refractivity contribution in [3.8, 4) is 0 Å². The van der Waals surface area contributed by atoms with Crippen LogP contribution >= 0.6 is 23.5 Å². The summed E-state index contributed by atoms with van der Waals surface area (Å²) in [6.45, 7) is 6.75. The largest absolute Gasteiger partial charge is 0.355 e. The third-order valence-corrected chi connectivity index (χ3v) is 6.36. The Morgan fingerprint density at radius 1 is 0.931 bits per heavy atom. The van der Waals surface area contributed by atoms with Crippen LogP contribution in [-0.2, 0) is 9.59 Å². The molecule has 0 aliphatic heterocycles. The third-order valence-electron chi connectivity index (χ3n) is 4.30. The highest BCUT2D eigenvalue weighted by Gasteiger charge is 2.08. The second kappa shape index (κ2) is 12.6. The molecular weight excluding hydrogens is 400 g/mol. The molecular formula is C23H30N2O2S2. The summed E-state index contributed by atoms with van der Waals surface area (Å²) in [7, 11) is 0. The predicted octanol–water partition coefficient (Wildman–Crippen LogP) is 4.97. The minimum absolute atomic E-state index is 0.0306. The highest BCUT2D eigenvalue weighted by molar-refractivity contribution is 8.00. The number of anilines is 1. The normalized spacial score (nSPS) is 10.6. The maximum Gasteiger partial charge on any atom is 0.230 e. The van der Waals surface area contributed by atoms with Crippen LogP contribution in [0.1, 0.15) is 29.5 Å². The van der Waals surface area contributed by atoms with Crippen LogP contribution in [0.25, 0.3) is 0 Å². The second-order valence-corrected chi connectivity index (χ2v) is 9.26. The zero-order valence-electron chi connectivity index (χ0n) is 17.4. The molecule has 0 aromatic heterocycles. The van der Waals surface area contributed by atoms with Gasteiger partial charge in [-0.2, -0.15) is 11.8 Å². The molecule has 2 rings (SSSR count). The Kier molecular flexibility index (Phi) is 10.2. The van der Waals surface area contributed by atoms with Gasteiger partial charge in [-0.1, -0.05) is 35.9 Å². The van der Waals surface area contributed by atoms with Gasteiger partial charge in [0.2, 0.25) is 11.8 Å². The van der Waals surface area contributed by atoms with Gasteiger partial charge in [0.05, 0.1) is 5.75 Å². The summed E-state index contributed by atoms with van der Waals surface area (Å²) in [4.78, 5) is 25.3. The summed E-state index contributed by atoms with van der Waals surface area (Å²) in [5, 5.41) is 5.97. The van der Waals surface area contributed by atoms with Gasteiger partial charge in [-0.3, -0.25) is 9.59 Å². The molecule has 2 aromatic carbocycles. The molecule has 29 heavy (non-hydrogen) atoms. The molecule has 2 N–H and O–H groups in total. The SMILES string of the molecule is Cc1cc(C)c(NC(=O)CCCSCC(=O)NCCSc2ccccc2)c(C)c1. The monoisotopic (exact) mass is 430 g/mol. The van der Waals surface area contributed by atoms with E-state index in [1.807, 2.05) is 32.0 Å². The van der Waals surface area contributed by atoms with E-state index in [9.17, 15) is 9.59 Å². The molecule has 0 aliphatic rings. The van der Waals surface area contributed by atoms with Crippen LogP contribution in [0.15, 0.2) is 47.4 Å². The van der Waals surface area contributed by atoms with E-state index in [0.29, 0.717) is 18.7 Å². The first-order chi connectivity index (χ1) is 14.0. The quantitative estimate of drug-likeness (QED) is 0.390. The Morgan fingerprint density at radius 2 is 1.62 bits per heavy atom. The zero-order valence-corrected chi connectivity index (χ0v) is 19.1. The average molecular weight is 431 g/mol. The fourth-order valence-electron chi connectivity index (χ4n) is 3.01. The molecule has 0 bridgehead atoms. The lowest BCUT2D eigenvalue weighted by Gasteiger charge is -2.12. The standard InChI is InChI=1S/C23H30N2O2S2/c1-17-14-18(2)23(19(3)15-17)25-21(26)10-7-12-28-16-22(27)24-11-13-29-20-8-5-4-6-9-20/h4-6,8-9,14-15H,7,10-13,16H2,1-3H3,(H,24,27)(H,25,26). The summed E-state index contributed by atoms with van der Waals surface area (Å²) >= 11 is 3.31. The molecule has 0 atom stereocenters. The maximum atomic E-state index is 12.2. The number of amides is 2. The van der Waals surface area contributed by atoms with Crippen LogP contribution in [0.4, 0.5) is 5.69 Å².